The Labute approximate surface area is 104 Å². The van der Waals surface area contributed by atoms with Crippen LogP contribution in [-0.4, -0.2) is 16.3 Å². The van der Waals surface area contributed by atoms with E-state index >= 15 is 0 Å². The summed E-state index contributed by atoms with van der Waals surface area (Å²) in [5, 5.41) is 18.0. The van der Waals surface area contributed by atoms with E-state index in [1.54, 1.807) is 31.2 Å². The third-order valence-electron chi connectivity index (χ3n) is 2.34. The summed E-state index contributed by atoms with van der Waals surface area (Å²) in [6.45, 7) is 1.68. The second kappa shape index (κ2) is 5.33. The average Bonchev–Trinajstić information content (AvgIpc) is 2.82. The molecule has 0 aliphatic heterocycles. The van der Waals surface area contributed by atoms with Crippen LogP contribution in [0, 0.1) is 0 Å². The third kappa shape index (κ3) is 3.08. The van der Waals surface area contributed by atoms with Crippen LogP contribution in [0.1, 0.15) is 18.6 Å². The van der Waals surface area contributed by atoms with Crippen LogP contribution in [0.4, 0.5) is 16.2 Å². The molecule has 3 N–H and O–H groups in total. The second-order valence-electron chi connectivity index (χ2n) is 3.79. The number of hydrogen-bond donors (Lipinski definition) is 3. The van der Waals surface area contributed by atoms with E-state index in [2.05, 4.69) is 20.3 Å². The summed E-state index contributed by atoms with van der Waals surface area (Å²) >= 11 is 0. The number of aliphatic hydroxyl groups excluding tert-OH is 1. The molecule has 2 amide bonds. The fourth-order valence-corrected chi connectivity index (χ4v) is 1.40. The number of urea groups is 1. The largest absolute Gasteiger partial charge is 0.389 e. The maximum absolute atomic E-state index is 11.6. The zero-order valence-electron chi connectivity index (χ0n) is 9.75. The van der Waals surface area contributed by atoms with Gasteiger partial charge in [-0.2, -0.15) is 0 Å². The number of hydrogen-bond acceptors (Lipinski definition) is 4. The molecule has 2 aromatic rings. The molecule has 1 heterocycles. The van der Waals surface area contributed by atoms with E-state index in [0.29, 0.717) is 11.4 Å². The number of carbonyl (C=O) groups excluding carboxylic acids is 1. The van der Waals surface area contributed by atoms with Gasteiger partial charge in [-0.3, -0.25) is 0 Å². The van der Waals surface area contributed by atoms with Crippen molar-refractivity contribution in [3.63, 3.8) is 0 Å². The highest BCUT2D eigenvalue weighted by Gasteiger charge is 2.05. The van der Waals surface area contributed by atoms with Gasteiger partial charge >= 0.3 is 6.03 Å². The molecule has 0 bridgehead atoms. The van der Waals surface area contributed by atoms with Gasteiger partial charge in [0, 0.05) is 5.69 Å². The molecule has 1 aromatic carbocycles. The Balaban J connectivity index is 1.95. The Bertz CT molecular complexity index is 506. The molecule has 6 heteroatoms. The minimum absolute atomic E-state index is 0.386. The number of amides is 2. The molecule has 0 aliphatic rings. The maximum atomic E-state index is 11.6. The van der Waals surface area contributed by atoms with Gasteiger partial charge in [-0.1, -0.05) is 17.3 Å². The number of nitrogens with zero attached hydrogens (tertiary/aromatic N) is 1. The van der Waals surface area contributed by atoms with Gasteiger partial charge in [-0.25, -0.2) is 4.79 Å². The van der Waals surface area contributed by atoms with Gasteiger partial charge < -0.3 is 20.3 Å². The summed E-state index contributed by atoms with van der Waals surface area (Å²) in [4.78, 5) is 11.6. The van der Waals surface area contributed by atoms with Crippen LogP contribution in [0.25, 0.3) is 0 Å². The van der Waals surface area contributed by atoms with Crippen molar-refractivity contribution in [1.29, 1.82) is 0 Å². The monoisotopic (exact) mass is 247 g/mol. The van der Waals surface area contributed by atoms with Gasteiger partial charge in [-0.05, 0) is 24.6 Å². The lowest BCUT2D eigenvalue weighted by molar-refractivity contribution is 0.199. The van der Waals surface area contributed by atoms with Crippen LogP contribution in [0.3, 0.4) is 0 Å². The zero-order chi connectivity index (χ0) is 13.0. The first-order chi connectivity index (χ1) is 8.65. The van der Waals surface area contributed by atoms with Crippen LogP contribution < -0.4 is 10.6 Å². The minimum Gasteiger partial charge on any atom is -0.389 e. The topological polar surface area (TPSA) is 87.4 Å². The molecule has 0 radical (unpaired) electrons. The molecule has 0 saturated heterocycles. The lowest BCUT2D eigenvalue weighted by atomic mass is 10.1. The summed E-state index contributed by atoms with van der Waals surface area (Å²) in [5.74, 6) is 0. The zero-order valence-corrected chi connectivity index (χ0v) is 9.75. The van der Waals surface area contributed by atoms with Crippen molar-refractivity contribution in [2.45, 2.75) is 13.0 Å². The van der Waals surface area contributed by atoms with Crippen molar-refractivity contribution in [3.05, 3.63) is 42.3 Å². The number of benzene rings is 1. The molecule has 1 aromatic heterocycles. The fraction of sp³-hybridized carbons (Fsp3) is 0.167. The normalized spacial score (nSPS) is 11.9. The Kier molecular flexibility index (Phi) is 3.59. The van der Waals surface area contributed by atoms with E-state index in [9.17, 15) is 9.90 Å². The van der Waals surface area contributed by atoms with Gasteiger partial charge in [0.2, 0.25) is 0 Å². The molecule has 0 fully saturated rings. The highest BCUT2D eigenvalue weighted by atomic mass is 16.5. The second-order valence-corrected chi connectivity index (χ2v) is 3.79. The molecule has 18 heavy (non-hydrogen) atoms. The van der Waals surface area contributed by atoms with Crippen molar-refractivity contribution >= 4 is 17.4 Å². The molecule has 6 nitrogen and oxygen atoms in total. The van der Waals surface area contributed by atoms with Crippen molar-refractivity contribution in [3.8, 4) is 0 Å². The quantitative estimate of drug-likeness (QED) is 0.777. The number of nitrogens with one attached hydrogen (secondary N) is 2. The minimum atomic E-state index is -0.523. The summed E-state index contributed by atoms with van der Waals surface area (Å²) in [5.41, 5.74) is 1.90. The number of aliphatic hydroxyl groups is 1. The first-order valence-electron chi connectivity index (χ1n) is 5.40. The standard InChI is InChI=1S/C12H13N3O3/c1-8(16)9-2-4-10(5-3-9)14-12(17)15-11-6-13-18-7-11/h2-8,16H,1H3,(H2,14,15,17). The highest BCUT2D eigenvalue weighted by Crippen LogP contribution is 2.15. The van der Waals surface area contributed by atoms with Crippen molar-refractivity contribution in [2.75, 3.05) is 10.6 Å². The number of rotatable bonds is 3. The highest BCUT2D eigenvalue weighted by molar-refractivity contribution is 5.99. The Morgan fingerprint density at radius 3 is 2.50 bits per heavy atom. The molecular weight excluding hydrogens is 234 g/mol. The van der Waals surface area contributed by atoms with Crippen molar-refractivity contribution < 1.29 is 14.4 Å². The van der Waals surface area contributed by atoms with Crippen LogP contribution in [0.15, 0.2) is 41.2 Å². The molecule has 94 valence electrons. The first kappa shape index (κ1) is 12.1. The van der Waals surface area contributed by atoms with E-state index in [1.165, 1.54) is 12.5 Å². The maximum Gasteiger partial charge on any atom is 0.323 e. The SMILES string of the molecule is CC(O)c1ccc(NC(=O)Nc2cnoc2)cc1. The molecule has 1 atom stereocenters. The van der Waals surface area contributed by atoms with Gasteiger partial charge in [0.15, 0.2) is 0 Å². The third-order valence-corrected chi connectivity index (χ3v) is 2.34. The summed E-state index contributed by atoms with van der Waals surface area (Å²) in [6, 6.07) is 6.55. The lowest BCUT2D eigenvalue weighted by Crippen LogP contribution is -2.18. The predicted molar refractivity (Wildman–Crippen MR) is 66.2 cm³/mol. The fourth-order valence-electron chi connectivity index (χ4n) is 1.40. The Morgan fingerprint density at radius 2 is 1.94 bits per heavy atom. The van der Waals surface area contributed by atoms with E-state index in [1.807, 2.05) is 0 Å². The first-order valence-corrected chi connectivity index (χ1v) is 5.40. The summed E-state index contributed by atoms with van der Waals surface area (Å²) in [7, 11) is 0. The number of carbonyl (C=O) groups is 1. The Morgan fingerprint density at radius 1 is 1.28 bits per heavy atom. The molecule has 0 spiro atoms. The van der Waals surface area contributed by atoms with Gasteiger partial charge in [0.1, 0.15) is 12.0 Å². The van der Waals surface area contributed by atoms with Gasteiger partial charge in [-0.15, -0.1) is 0 Å². The van der Waals surface area contributed by atoms with E-state index in [4.69, 9.17) is 0 Å². The lowest BCUT2D eigenvalue weighted by Gasteiger charge is -2.08. The van der Waals surface area contributed by atoms with E-state index in [-0.39, 0.29) is 6.03 Å². The Hall–Kier alpha value is -2.34. The summed E-state index contributed by atoms with van der Waals surface area (Å²) in [6.07, 6.45) is 2.21. The van der Waals surface area contributed by atoms with Crippen LogP contribution in [0.2, 0.25) is 0 Å². The number of anilines is 2. The molecule has 1 unspecified atom stereocenters. The molecule has 2 rings (SSSR count). The van der Waals surface area contributed by atoms with E-state index in [0.717, 1.165) is 5.56 Å². The average molecular weight is 247 g/mol. The van der Waals surface area contributed by atoms with Crippen LogP contribution in [0.5, 0.6) is 0 Å². The number of aromatic nitrogens is 1. The smallest absolute Gasteiger partial charge is 0.323 e. The van der Waals surface area contributed by atoms with Crippen molar-refractivity contribution in [1.82, 2.24) is 5.16 Å². The summed E-state index contributed by atoms with van der Waals surface area (Å²) < 4.78 is 4.59. The van der Waals surface area contributed by atoms with Crippen molar-refractivity contribution in [2.24, 2.45) is 0 Å². The van der Waals surface area contributed by atoms with E-state index < -0.39 is 6.10 Å². The van der Waals surface area contributed by atoms with Crippen LogP contribution in [-0.2, 0) is 0 Å². The van der Waals surface area contributed by atoms with Gasteiger partial charge in [0.05, 0.1) is 12.3 Å². The molecule has 0 aliphatic carbocycles. The predicted octanol–water partition coefficient (Wildman–Crippen LogP) is 2.37. The molecular formula is C12H13N3O3. The van der Waals surface area contributed by atoms with Gasteiger partial charge in [0.25, 0.3) is 0 Å². The van der Waals surface area contributed by atoms with Crippen LogP contribution >= 0.6 is 0 Å². The molecule has 0 saturated carbocycles.